The van der Waals surface area contributed by atoms with E-state index in [-0.39, 0.29) is 6.10 Å². The smallest absolute Gasteiger partial charge is 0.363 e. The van der Waals surface area contributed by atoms with Gasteiger partial charge in [0.2, 0.25) is 0 Å². The topological polar surface area (TPSA) is 79.9 Å². The maximum atomic E-state index is 10.8. The van der Waals surface area contributed by atoms with E-state index in [1.165, 1.54) is 6.20 Å². The first kappa shape index (κ1) is 11.6. The zero-order valence-electron chi connectivity index (χ0n) is 8.99. The Hall–Kier alpha value is -1.43. The molecule has 1 aromatic rings. The molecule has 0 unspecified atom stereocenters. The molecule has 0 atom stereocenters. The van der Waals surface area contributed by atoms with Crippen molar-refractivity contribution in [2.45, 2.75) is 26.4 Å². The van der Waals surface area contributed by atoms with Gasteiger partial charge in [-0.3, -0.25) is 0 Å². The third-order valence-electron chi connectivity index (χ3n) is 1.65. The molecule has 84 valence electrons. The standard InChI is InChI=1S/C9H16N4O2/c1-7(2)15-5-3-4-10-8-6-11-13-9(14)12-8/h6-7H,3-5H2,1-2H3,(H2,10,12,13,14). The SMILES string of the molecule is CC(C)OCCCNc1cn[nH]c(=O)n1. The first-order valence-electron chi connectivity index (χ1n) is 4.95. The third-order valence-corrected chi connectivity index (χ3v) is 1.65. The fourth-order valence-corrected chi connectivity index (χ4v) is 1.00. The maximum absolute atomic E-state index is 10.8. The van der Waals surface area contributed by atoms with Gasteiger partial charge in [0.05, 0.1) is 12.3 Å². The number of hydrogen-bond acceptors (Lipinski definition) is 5. The number of nitrogens with zero attached hydrogens (tertiary/aromatic N) is 2. The van der Waals surface area contributed by atoms with E-state index in [4.69, 9.17) is 4.74 Å². The Balaban J connectivity index is 2.18. The summed E-state index contributed by atoms with van der Waals surface area (Å²) in [4.78, 5) is 14.5. The van der Waals surface area contributed by atoms with E-state index in [9.17, 15) is 4.79 Å². The number of nitrogens with one attached hydrogen (secondary N) is 2. The van der Waals surface area contributed by atoms with Gasteiger partial charge in [-0.05, 0) is 20.3 Å². The van der Waals surface area contributed by atoms with Gasteiger partial charge in [0.15, 0.2) is 5.82 Å². The molecule has 6 heteroatoms. The first-order valence-corrected chi connectivity index (χ1v) is 4.95. The number of H-pyrrole nitrogens is 1. The Kier molecular flexibility index (Phi) is 4.76. The number of rotatable bonds is 6. The lowest BCUT2D eigenvalue weighted by molar-refractivity contribution is 0.0787. The van der Waals surface area contributed by atoms with Gasteiger partial charge in [-0.25, -0.2) is 9.89 Å². The van der Waals surface area contributed by atoms with E-state index >= 15 is 0 Å². The highest BCUT2D eigenvalue weighted by Crippen LogP contribution is 1.95. The van der Waals surface area contributed by atoms with Gasteiger partial charge in [-0.2, -0.15) is 10.1 Å². The van der Waals surface area contributed by atoms with Gasteiger partial charge < -0.3 is 10.1 Å². The summed E-state index contributed by atoms with van der Waals surface area (Å²) in [5.74, 6) is 0.489. The van der Waals surface area contributed by atoms with Crippen LogP contribution in [-0.4, -0.2) is 34.4 Å². The van der Waals surface area contributed by atoms with Crippen LogP contribution in [0.1, 0.15) is 20.3 Å². The number of aromatic amines is 1. The van der Waals surface area contributed by atoms with Gasteiger partial charge in [0.1, 0.15) is 0 Å². The van der Waals surface area contributed by atoms with Crippen molar-refractivity contribution in [1.82, 2.24) is 15.2 Å². The maximum Gasteiger partial charge on any atom is 0.363 e. The van der Waals surface area contributed by atoms with E-state index in [0.29, 0.717) is 19.0 Å². The predicted octanol–water partition coefficient (Wildman–Crippen LogP) is 0.392. The number of hydrogen-bond donors (Lipinski definition) is 2. The molecule has 0 aliphatic heterocycles. The molecule has 1 aromatic heterocycles. The molecule has 0 saturated carbocycles. The lowest BCUT2D eigenvalue weighted by Crippen LogP contribution is -2.16. The van der Waals surface area contributed by atoms with Crippen molar-refractivity contribution in [1.29, 1.82) is 0 Å². The Morgan fingerprint density at radius 3 is 3.07 bits per heavy atom. The number of ether oxygens (including phenoxy) is 1. The van der Waals surface area contributed by atoms with E-state index in [1.54, 1.807) is 0 Å². The molecule has 0 aromatic carbocycles. The van der Waals surface area contributed by atoms with Crippen molar-refractivity contribution in [3.8, 4) is 0 Å². The molecule has 6 nitrogen and oxygen atoms in total. The Labute approximate surface area is 88.1 Å². The second-order valence-electron chi connectivity index (χ2n) is 3.37. The average Bonchev–Trinajstić information content (AvgIpc) is 2.17. The van der Waals surface area contributed by atoms with E-state index in [0.717, 1.165) is 6.42 Å². The zero-order chi connectivity index (χ0) is 11.1. The summed E-state index contributed by atoms with van der Waals surface area (Å²) < 4.78 is 5.36. The molecule has 0 aliphatic carbocycles. The van der Waals surface area contributed by atoms with Gasteiger partial charge in [-0.1, -0.05) is 0 Å². The van der Waals surface area contributed by atoms with Crippen molar-refractivity contribution in [2.24, 2.45) is 0 Å². The fraction of sp³-hybridized carbons (Fsp3) is 0.667. The summed E-state index contributed by atoms with van der Waals surface area (Å²) in [6, 6.07) is 0. The van der Waals surface area contributed by atoms with Gasteiger partial charge in [0, 0.05) is 13.2 Å². The second-order valence-corrected chi connectivity index (χ2v) is 3.37. The molecule has 1 heterocycles. The van der Waals surface area contributed by atoms with Crippen LogP contribution in [0, 0.1) is 0 Å². The van der Waals surface area contributed by atoms with Gasteiger partial charge in [-0.15, -0.1) is 0 Å². The van der Waals surface area contributed by atoms with Crippen molar-refractivity contribution >= 4 is 5.82 Å². The first-order chi connectivity index (χ1) is 7.18. The highest BCUT2D eigenvalue weighted by molar-refractivity contribution is 5.28. The molecule has 0 aliphatic rings. The molecule has 0 fully saturated rings. The predicted molar refractivity (Wildman–Crippen MR) is 56.8 cm³/mol. The van der Waals surface area contributed by atoms with E-state index < -0.39 is 5.69 Å². The van der Waals surface area contributed by atoms with Crippen LogP contribution < -0.4 is 11.0 Å². The minimum atomic E-state index is -0.446. The normalized spacial score (nSPS) is 10.6. The monoisotopic (exact) mass is 212 g/mol. The van der Waals surface area contributed by atoms with Crippen LogP contribution in [0.2, 0.25) is 0 Å². The van der Waals surface area contributed by atoms with E-state index in [1.807, 2.05) is 13.8 Å². The van der Waals surface area contributed by atoms with Crippen molar-refractivity contribution in [3.05, 3.63) is 16.7 Å². The molecule has 0 bridgehead atoms. The molecule has 0 amide bonds. The summed E-state index contributed by atoms with van der Waals surface area (Å²) in [5, 5.41) is 8.81. The summed E-state index contributed by atoms with van der Waals surface area (Å²) in [6.07, 6.45) is 2.60. The van der Waals surface area contributed by atoms with E-state index in [2.05, 4.69) is 20.5 Å². The number of anilines is 1. The highest BCUT2D eigenvalue weighted by Gasteiger charge is 1.95. The summed E-state index contributed by atoms with van der Waals surface area (Å²) in [7, 11) is 0. The minimum Gasteiger partial charge on any atom is -0.379 e. The third kappa shape index (κ3) is 5.11. The summed E-state index contributed by atoms with van der Waals surface area (Å²) >= 11 is 0. The van der Waals surface area contributed by atoms with Crippen LogP contribution in [0.15, 0.2) is 11.0 Å². The van der Waals surface area contributed by atoms with Gasteiger partial charge in [0.25, 0.3) is 0 Å². The molecule has 2 N–H and O–H groups in total. The van der Waals surface area contributed by atoms with Crippen LogP contribution in [0.3, 0.4) is 0 Å². The lowest BCUT2D eigenvalue weighted by atomic mass is 10.4. The van der Waals surface area contributed by atoms with Crippen LogP contribution in [0.25, 0.3) is 0 Å². The molecular formula is C9H16N4O2. The summed E-state index contributed by atoms with van der Waals surface area (Å²) in [6.45, 7) is 5.40. The summed E-state index contributed by atoms with van der Waals surface area (Å²) in [5.41, 5.74) is -0.446. The molecule has 1 rings (SSSR count). The Morgan fingerprint density at radius 2 is 2.40 bits per heavy atom. The molecular weight excluding hydrogens is 196 g/mol. The fourth-order valence-electron chi connectivity index (χ4n) is 1.00. The van der Waals surface area contributed by atoms with Crippen molar-refractivity contribution in [2.75, 3.05) is 18.5 Å². The lowest BCUT2D eigenvalue weighted by Gasteiger charge is -2.07. The quantitative estimate of drug-likeness (QED) is 0.667. The second kappa shape index (κ2) is 6.13. The van der Waals surface area contributed by atoms with Crippen LogP contribution in [0.4, 0.5) is 5.82 Å². The Morgan fingerprint density at radius 1 is 1.60 bits per heavy atom. The van der Waals surface area contributed by atoms with Crippen LogP contribution in [0.5, 0.6) is 0 Å². The van der Waals surface area contributed by atoms with Crippen LogP contribution >= 0.6 is 0 Å². The molecule has 0 radical (unpaired) electrons. The van der Waals surface area contributed by atoms with Crippen LogP contribution in [-0.2, 0) is 4.74 Å². The molecule has 0 spiro atoms. The number of aromatic nitrogens is 3. The average molecular weight is 212 g/mol. The molecule has 0 saturated heterocycles. The van der Waals surface area contributed by atoms with Gasteiger partial charge >= 0.3 is 5.69 Å². The largest absolute Gasteiger partial charge is 0.379 e. The zero-order valence-corrected chi connectivity index (χ0v) is 8.99. The molecule has 15 heavy (non-hydrogen) atoms. The Bertz CT molecular complexity index is 337. The van der Waals surface area contributed by atoms with Crippen molar-refractivity contribution in [3.63, 3.8) is 0 Å². The highest BCUT2D eigenvalue weighted by atomic mass is 16.5. The van der Waals surface area contributed by atoms with Crippen molar-refractivity contribution < 1.29 is 4.74 Å². The minimum absolute atomic E-state index is 0.254.